The highest BCUT2D eigenvalue weighted by molar-refractivity contribution is 5.92. The second-order valence-corrected chi connectivity index (χ2v) is 6.72. The molecule has 152 valence electrons. The Hall–Kier alpha value is -3.75. The van der Waals surface area contributed by atoms with Gasteiger partial charge in [0.25, 0.3) is 5.91 Å². The summed E-state index contributed by atoms with van der Waals surface area (Å²) in [6.45, 7) is 1.76. The molecule has 4 aromatic rings. The number of H-pyrrole nitrogens is 1. The third-order valence-electron chi connectivity index (χ3n) is 4.53. The van der Waals surface area contributed by atoms with Crippen molar-refractivity contribution in [3.63, 3.8) is 0 Å². The molecule has 9 heteroatoms. The van der Waals surface area contributed by atoms with Gasteiger partial charge < -0.3 is 10.3 Å². The number of aryl methyl sites for hydroxylation is 1. The normalized spacial score (nSPS) is 12.7. The monoisotopic (exact) mass is 411 g/mol. The largest absolute Gasteiger partial charge is 0.449 e. The number of carbonyl (C=O) groups excluding carboxylic acids is 1. The number of alkyl halides is 3. The first kappa shape index (κ1) is 19.6. The number of hydrogen-bond donors (Lipinski definition) is 2. The first-order valence-electron chi connectivity index (χ1n) is 9.02. The molecule has 0 fully saturated rings. The van der Waals surface area contributed by atoms with E-state index in [0.29, 0.717) is 11.3 Å². The maximum Gasteiger partial charge on any atom is 0.449 e. The van der Waals surface area contributed by atoms with Gasteiger partial charge >= 0.3 is 6.18 Å². The van der Waals surface area contributed by atoms with E-state index in [1.54, 1.807) is 19.1 Å². The lowest BCUT2D eigenvalue weighted by molar-refractivity contribution is -0.144. The number of imidazole rings is 1. The Morgan fingerprint density at radius 2 is 1.80 bits per heavy atom. The molecule has 1 amide bonds. The van der Waals surface area contributed by atoms with Gasteiger partial charge in [-0.3, -0.25) is 9.78 Å². The Balaban J connectivity index is 1.72. The number of halogens is 3. The third kappa shape index (κ3) is 4.00. The van der Waals surface area contributed by atoms with Crippen LogP contribution in [0.1, 0.15) is 39.2 Å². The van der Waals surface area contributed by atoms with Gasteiger partial charge in [-0.1, -0.05) is 36.4 Å². The van der Waals surface area contributed by atoms with Crippen molar-refractivity contribution < 1.29 is 18.0 Å². The fourth-order valence-electron chi connectivity index (χ4n) is 3.06. The van der Waals surface area contributed by atoms with Crippen LogP contribution in [0.2, 0.25) is 0 Å². The molecule has 0 aliphatic carbocycles. The van der Waals surface area contributed by atoms with Crippen molar-refractivity contribution in [2.45, 2.75) is 19.1 Å². The number of nitrogens with zero attached hydrogens (tertiary/aromatic N) is 3. The summed E-state index contributed by atoms with van der Waals surface area (Å²) < 4.78 is 38.9. The van der Waals surface area contributed by atoms with E-state index >= 15 is 0 Å². The first-order chi connectivity index (χ1) is 14.3. The highest BCUT2D eigenvalue weighted by atomic mass is 19.4. The average Bonchev–Trinajstić information content (AvgIpc) is 3.17. The number of carbonyl (C=O) groups is 1. The lowest BCUT2D eigenvalue weighted by Crippen LogP contribution is -2.30. The summed E-state index contributed by atoms with van der Waals surface area (Å²) in [5, 5.41) is 2.89. The van der Waals surface area contributed by atoms with E-state index in [9.17, 15) is 18.0 Å². The van der Waals surface area contributed by atoms with Crippen molar-refractivity contribution in [3.8, 4) is 0 Å². The van der Waals surface area contributed by atoms with Crippen molar-refractivity contribution in [1.82, 2.24) is 25.3 Å². The van der Waals surface area contributed by atoms with Crippen molar-refractivity contribution >= 4 is 16.9 Å². The van der Waals surface area contributed by atoms with Crippen LogP contribution in [0.25, 0.3) is 11.0 Å². The van der Waals surface area contributed by atoms with E-state index in [1.165, 1.54) is 18.5 Å². The van der Waals surface area contributed by atoms with E-state index < -0.39 is 23.9 Å². The Bertz CT molecular complexity index is 1190. The van der Waals surface area contributed by atoms with Crippen LogP contribution in [-0.2, 0) is 6.18 Å². The molecule has 0 bridgehead atoms. The number of rotatable bonds is 4. The van der Waals surface area contributed by atoms with Gasteiger partial charge in [0.05, 0.1) is 29.0 Å². The SMILES string of the molecule is Cc1cnc(C(=O)NC(c2ccccc2)c2ccc3nc(C(F)(F)F)[nH]c3c2)cn1. The second-order valence-electron chi connectivity index (χ2n) is 6.72. The first-order valence-corrected chi connectivity index (χ1v) is 9.02. The molecule has 2 aromatic carbocycles. The highest BCUT2D eigenvalue weighted by Crippen LogP contribution is 2.30. The van der Waals surface area contributed by atoms with Crippen LogP contribution in [0, 0.1) is 6.92 Å². The van der Waals surface area contributed by atoms with Gasteiger partial charge in [0.2, 0.25) is 5.82 Å². The average molecular weight is 411 g/mol. The van der Waals surface area contributed by atoms with Crippen LogP contribution < -0.4 is 5.32 Å². The summed E-state index contributed by atoms with van der Waals surface area (Å²) in [6, 6.07) is 13.2. The summed E-state index contributed by atoms with van der Waals surface area (Å²) in [4.78, 5) is 26.8. The zero-order chi connectivity index (χ0) is 21.3. The standard InChI is InChI=1S/C21H16F3N5O/c1-12-10-26-17(11-25-12)19(30)29-18(13-5-3-2-4-6-13)14-7-8-15-16(9-14)28-20(27-15)21(22,23)24/h2-11,18H,1H3,(H,27,28)(H,29,30). The molecule has 0 aliphatic rings. The minimum Gasteiger partial charge on any atom is -0.340 e. The lowest BCUT2D eigenvalue weighted by atomic mass is 9.98. The molecule has 2 heterocycles. The molecular weight excluding hydrogens is 395 g/mol. The fourth-order valence-corrected chi connectivity index (χ4v) is 3.06. The molecule has 0 aliphatic heterocycles. The number of aromatic amines is 1. The smallest absolute Gasteiger partial charge is 0.340 e. The second kappa shape index (κ2) is 7.58. The van der Waals surface area contributed by atoms with Gasteiger partial charge in [-0.2, -0.15) is 13.2 Å². The van der Waals surface area contributed by atoms with Crippen LogP contribution in [0.4, 0.5) is 13.2 Å². The molecule has 1 unspecified atom stereocenters. The van der Waals surface area contributed by atoms with Crippen LogP contribution in [0.5, 0.6) is 0 Å². The van der Waals surface area contributed by atoms with Gasteiger partial charge in [0.1, 0.15) is 5.69 Å². The van der Waals surface area contributed by atoms with Crippen molar-refractivity contribution in [1.29, 1.82) is 0 Å². The Labute approximate surface area is 169 Å². The van der Waals surface area contributed by atoms with Gasteiger partial charge in [-0.15, -0.1) is 0 Å². The van der Waals surface area contributed by atoms with Crippen LogP contribution in [0.3, 0.4) is 0 Å². The molecule has 0 saturated heterocycles. The van der Waals surface area contributed by atoms with Crippen LogP contribution in [0.15, 0.2) is 60.9 Å². The quantitative estimate of drug-likeness (QED) is 0.527. The molecule has 1 atom stereocenters. The van der Waals surface area contributed by atoms with Crippen molar-refractivity contribution in [3.05, 3.63) is 89.3 Å². The minimum absolute atomic E-state index is 0.142. The zero-order valence-electron chi connectivity index (χ0n) is 15.7. The maximum absolute atomic E-state index is 13.0. The summed E-state index contributed by atoms with van der Waals surface area (Å²) in [5.41, 5.74) is 2.60. The number of nitrogens with one attached hydrogen (secondary N) is 2. The zero-order valence-corrected chi connectivity index (χ0v) is 15.7. The van der Waals surface area contributed by atoms with Gasteiger partial charge in [-0.05, 0) is 30.2 Å². The number of fused-ring (bicyclic) bond motifs is 1. The number of benzene rings is 2. The topological polar surface area (TPSA) is 83.6 Å². The molecule has 2 aromatic heterocycles. The van der Waals surface area contributed by atoms with Crippen molar-refractivity contribution in [2.75, 3.05) is 0 Å². The summed E-state index contributed by atoms with van der Waals surface area (Å²) in [7, 11) is 0. The minimum atomic E-state index is -4.57. The maximum atomic E-state index is 13.0. The summed E-state index contributed by atoms with van der Waals surface area (Å²) in [6.07, 6.45) is -1.71. The fraction of sp³-hybridized carbons (Fsp3) is 0.143. The van der Waals surface area contributed by atoms with Gasteiger partial charge in [0, 0.05) is 6.20 Å². The summed E-state index contributed by atoms with van der Waals surface area (Å²) in [5.74, 6) is -1.51. The molecule has 2 N–H and O–H groups in total. The van der Waals surface area contributed by atoms with Crippen molar-refractivity contribution in [2.24, 2.45) is 0 Å². The van der Waals surface area contributed by atoms with E-state index in [2.05, 4.69) is 25.3 Å². The van der Waals surface area contributed by atoms with Gasteiger partial charge in [0.15, 0.2) is 0 Å². The van der Waals surface area contributed by atoms with E-state index in [-0.39, 0.29) is 16.7 Å². The number of aromatic nitrogens is 4. The Morgan fingerprint density at radius 3 is 2.47 bits per heavy atom. The summed E-state index contributed by atoms with van der Waals surface area (Å²) >= 11 is 0. The Morgan fingerprint density at radius 1 is 1.03 bits per heavy atom. The molecule has 0 spiro atoms. The predicted molar refractivity (Wildman–Crippen MR) is 104 cm³/mol. The Kier molecular flexibility index (Phi) is 4.94. The number of amides is 1. The molecule has 4 rings (SSSR count). The molecule has 6 nitrogen and oxygen atoms in total. The van der Waals surface area contributed by atoms with Gasteiger partial charge in [-0.25, -0.2) is 9.97 Å². The van der Waals surface area contributed by atoms with E-state index in [4.69, 9.17) is 0 Å². The molecule has 30 heavy (non-hydrogen) atoms. The van der Waals surface area contributed by atoms with E-state index in [1.807, 2.05) is 30.3 Å². The molecular formula is C21H16F3N5O. The lowest BCUT2D eigenvalue weighted by Gasteiger charge is -2.19. The van der Waals surface area contributed by atoms with Crippen LogP contribution in [-0.4, -0.2) is 25.8 Å². The molecule has 0 saturated carbocycles. The van der Waals surface area contributed by atoms with E-state index in [0.717, 1.165) is 5.56 Å². The highest BCUT2D eigenvalue weighted by Gasteiger charge is 2.34. The molecule has 0 radical (unpaired) electrons. The third-order valence-corrected chi connectivity index (χ3v) is 4.53. The predicted octanol–water partition coefficient (Wildman–Crippen LogP) is 4.20. The van der Waals surface area contributed by atoms with Crippen LogP contribution >= 0.6 is 0 Å². The number of hydrogen-bond acceptors (Lipinski definition) is 4.